The van der Waals surface area contributed by atoms with Gasteiger partial charge in [-0.2, -0.15) is 5.10 Å². The molecule has 1 saturated heterocycles. The fraction of sp³-hybridized carbons (Fsp3) is 0.190. The molecule has 2 aromatic heterocycles. The van der Waals surface area contributed by atoms with Crippen LogP contribution < -0.4 is 10.1 Å². The lowest BCUT2D eigenvalue weighted by Gasteiger charge is -2.12. The molecule has 1 amide bonds. The lowest BCUT2D eigenvalue weighted by molar-refractivity contribution is -0.122. The van der Waals surface area contributed by atoms with Crippen molar-refractivity contribution >= 4 is 52.5 Å². The molecule has 31 heavy (non-hydrogen) atoms. The van der Waals surface area contributed by atoms with Crippen LogP contribution in [-0.2, 0) is 24.5 Å². The van der Waals surface area contributed by atoms with Crippen molar-refractivity contribution in [2.45, 2.75) is 26.6 Å². The summed E-state index contributed by atoms with van der Waals surface area (Å²) < 4.78 is 13.2. The number of aromatic nitrogens is 2. The number of halogens is 2. The van der Waals surface area contributed by atoms with Gasteiger partial charge < -0.3 is 14.5 Å². The van der Waals surface area contributed by atoms with E-state index in [-0.39, 0.29) is 12.5 Å². The molecule has 10 heteroatoms. The standard InChI is InChI=1S/C21H18Cl2N4O3S/c1-2-26-10-13(9-24-26)11-27-20(28)19(25-21(27)31)8-15-3-4-16(30-15)12-29-14-5-6-17(22)18(23)7-14/h3-10H,2,11-12H2,1H3,(H,25,31)/b19-8+. The molecule has 160 valence electrons. The van der Waals surface area contributed by atoms with Gasteiger partial charge in [-0.05, 0) is 43.4 Å². The van der Waals surface area contributed by atoms with Gasteiger partial charge in [0.15, 0.2) is 5.11 Å². The van der Waals surface area contributed by atoms with E-state index in [4.69, 9.17) is 44.6 Å². The van der Waals surface area contributed by atoms with Crippen LogP contribution in [0.3, 0.4) is 0 Å². The Morgan fingerprint density at radius 3 is 2.84 bits per heavy atom. The molecule has 0 saturated carbocycles. The highest BCUT2D eigenvalue weighted by Crippen LogP contribution is 2.27. The smallest absolute Gasteiger partial charge is 0.276 e. The van der Waals surface area contributed by atoms with E-state index in [9.17, 15) is 4.79 Å². The predicted octanol–water partition coefficient (Wildman–Crippen LogP) is 4.64. The van der Waals surface area contributed by atoms with Crippen molar-refractivity contribution < 1.29 is 13.9 Å². The van der Waals surface area contributed by atoms with Gasteiger partial charge in [-0.15, -0.1) is 0 Å². The minimum absolute atomic E-state index is 0.203. The Morgan fingerprint density at radius 1 is 1.26 bits per heavy atom. The molecule has 1 aliphatic rings. The maximum absolute atomic E-state index is 12.8. The van der Waals surface area contributed by atoms with Crippen LogP contribution in [0.5, 0.6) is 5.75 Å². The molecular formula is C21H18Cl2N4O3S. The minimum atomic E-state index is -0.223. The maximum atomic E-state index is 12.8. The summed E-state index contributed by atoms with van der Waals surface area (Å²) in [4.78, 5) is 14.3. The van der Waals surface area contributed by atoms with Gasteiger partial charge in [0.1, 0.15) is 29.6 Å². The third-order valence-corrected chi connectivity index (χ3v) is 5.62. The number of ether oxygens (including phenoxy) is 1. The number of carbonyl (C=O) groups excluding carboxylic acids is 1. The molecule has 7 nitrogen and oxygen atoms in total. The average Bonchev–Trinajstić information content (AvgIpc) is 3.46. The van der Waals surface area contributed by atoms with E-state index in [0.29, 0.717) is 44.7 Å². The Labute approximate surface area is 194 Å². The third kappa shape index (κ3) is 4.92. The van der Waals surface area contributed by atoms with Gasteiger partial charge in [0.25, 0.3) is 5.91 Å². The maximum Gasteiger partial charge on any atom is 0.276 e. The van der Waals surface area contributed by atoms with Gasteiger partial charge in [-0.25, -0.2) is 0 Å². The van der Waals surface area contributed by atoms with E-state index in [1.807, 2.05) is 13.1 Å². The summed E-state index contributed by atoms with van der Waals surface area (Å²) in [6.45, 7) is 3.31. The topological polar surface area (TPSA) is 72.5 Å². The molecule has 4 rings (SSSR count). The van der Waals surface area contributed by atoms with Crippen LogP contribution in [-0.4, -0.2) is 25.7 Å². The molecule has 0 bridgehead atoms. The Hall–Kier alpha value is -2.81. The number of nitrogens with zero attached hydrogens (tertiary/aromatic N) is 3. The summed E-state index contributed by atoms with van der Waals surface area (Å²) in [6, 6.07) is 8.55. The first kappa shape index (κ1) is 21.4. The second-order valence-electron chi connectivity index (χ2n) is 6.75. The Bertz CT molecular complexity index is 1170. The van der Waals surface area contributed by atoms with E-state index in [2.05, 4.69) is 10.4 Å². The first-order valence-corrected chi connectivity index (χ1v) is 10.6. The summed E-state index contributed by atoms with van der Waals surface area (Å²) in [5, 5.41) is 8.39. The summed E-state index contributed by atoms with van der Waals surface area (Å²) in [7, 11) is 0. The molecule has 0 radical (unpaired) electrons. The zero-order valence-electron chi connectivity index (χ0n) is 16.5. The van der Waals surface area contributed by atoms with Crippen molar-refractivity contribution in [2.24, 2.45) is 0 Å². The van der Waals surface area contributed by atoms with E-state index in [1.54, 1.807) is 47.3 Å². The van der Waals surface area contributed by atoms with Crippen LogP contribution in [0.4, 0.5) is 0 Å². The number of rotatable bonds is 7. The molecule has 0 atom stereocenters. The fourth-order valence-electron chi connectivity index (χ4n) is 2.97. The molecule has 0 spiro atoms. The van der Waals surface area contributed by atoms with Crippen LogP contribution in [0, 0.1) is 0 Å². The lowest BCUT2D eigenvalue weighted by atomic mass is 10.3. The first-order valence-electron chi connectivity index (χ1n) is 9.45. The van der Waals surface area contributed by atoms with E-state index < -0.39 is 0 Å². The van der Waals surface area contributed by atoms with Crippen molar-refractivity contribution in [1.29, 1.82) is 0 Å². The summed E-state index contributed by atoms with van der Waals surface area (Å²) in [5.74, 6) is 1.45. The number of hydrogen-bond acceptors (Lipinski definition) is 5. The molecule has 1 aliphatic heterocycles. The second-order valence-corrected chi connectivity index (χ2v) is 7.95. The number of nitrogens with one attached hydrogen (secondary N) is 1. The van der Waals surface area contributed by atoms with Crippen LogP contribution in [0.1, 0.15) is 24.0 Å². The number of hydrogen-bond donors (Lipinski definition) is 1. The fourth-order valence-corrected chi connectivity index (χ4v) is 3.52. The number of furan rings is 1. The van der Waals surface area contributed by atoms with Gasteiger partial charge in [-0.3, -0.25) is 14.4 Å². The number of amides is 1. The summed E-state index contributed by atoms with van der Waals surface area (Å²) in [5.41, 5.74) is 1.25. The Balaban J connectivity index is 1.40. The van der Waals surface area contributed by atoms with Crippen molar-refractivity contribution in [3.8, 4) is 5.75 Å². The second kappa shape index (κ2) is 9.13. The highest BCUT2D eigenvalue weighted by molar-refractivity contribution is 7.80. The minimum Gasteiger partial charge on any atom is -0.486 e. The van der Waals surface area contributed by atoms with E-state index in [1.165, 1.54) is 4.90 Å². The lowest BCUT2D eigenvalue weighted by Crippen LogP contribution is -2.29. The number of aryl methyl sites for hydroxylation is 1. The van der Waals surface area contributed by atoms with E-state index in [0.717, 1.165) is 12.1 Å². The molecule has 1 N–H and O–H groups in total. The van der Waals surface area contributed by atoms with Gasteiger partial charge >= 0.3 is 0 Å². The van der Waals surface area contributed by atoms with E-state index >= 15 is 0 Å². The molecule has 0 unspecified atom stereocenters. The van der Waals surface area contributed by atoms with Crippen LogP contribution in [0.15, 0.2) is 52.8 Å². The molecule has 1 fully saturated rings. The Morgan fingerprint density at radius 2 is 2.10 bits per heavy atom. The van der Waals surface area contributed by atoms with Crippen LogP contribution in [0.25, 0.3) is 6.08 Å². The van der Waals surface area contributed by atoms with Gasteiger partial charge in [0.05, 0.1) is 22.8 Å². The first-order chi connectivity index (χ1) is 14.9. The molecule has 3 heterocycles. The Kier molecular flexibility index (Phi) is 6.31. The SMILES string of the molecule is CCn1cc(CN2C(=O)/C(=C\c3ccc(COc4ccc(Cl)c(Cl)c4)o3)NC2=S)cn1. The van der Waals surface area contributed by atoms with Gasteiger partial charge in [-0.1, -0.05) is 23.2 Å². The number of thiocarbonyl (C=S) groups is 1. The highest BCUT2D eigenvalue weighted by atomic mass is 35.5. The normalized spacial score (nSPS) is 15.1. The van der Waals surface area contributed by atoms with Crippen molar-refractivity contribution in [3.05, 3.63) is 75.6 Å². The quantitative estimate of drug-likeness (QED) is 0.395. The van der Waals surface area contributed by atoms with Crippen LogP contribution in [0.2, 0.25) is 10.0 Å². The molecule has 0 aliphatic carbocycles. The largest absolute Gasteiger partial charge is 0.486 e. The number of carbonyl (C=O) groups is 1. The predicted molar refractivity (Wildman–Crippen MR) is 122 cm³/mol. The zero-order chi connectivity index (χ0) is 22.0. The molecular weight excluding hydrogens is 459 g/mol. The summed E-state index contributed by atoms with van der Waals surface area (Å²) in [6.07, 6.45) is 5.24. The zero-order valence-corrected chi connectivity index (χ0v) is 18.8. The number of benzene rings is 1. The molecule has 3 aromatic rings. The summed E-state index contributed by atoms with van der Waals surface area (Å²) >= 11 is 17.2. The van der Waals surface area contributed by atoms with Crippen molar-refractivity contribution in [2.75, 3.05) is 0 Å². The van der Waals surface area contributed by atoms with Gasteiger partial charge in [0, 0.05) is 30.4 Å². The third-order valence-electron chi connectivity index (χ3n) is 4.55. The van der Waals surface area contributed by atoms with Crippen LogP contribution >= 0.6 is 35.4 Å². The monoisotopic (exact) mass is 476 g/mol. The molecule has 1 aromatic carbocycles. The van der Waals surface area contributed by atoms with Crippen molar-refractivity contribution in [1.82, 2.24) is 20.0 Å². The average molecular weight is 477 g/mol. The highest BCUT2D eigenvalue weighted by Gasteiger charge is 2.31. The van der Waals surface area contributed by atoms with Gasteiger partial charge in [0.2, 0.25) is 0 Å². The van der Waals surface area contributed by atoms with Crippen molar-refractivity contribution in [3.63, 3.8) is 0 Å².